The molecule has 0 aliphatic rings. The standard InChI is InChI=1S/C17H13Cl2N3S/c18-13-7-12(8-14(19)9-13)17-21-5-6-22(17)10-11-3-1-2-4-15(11)16(20)23/h1-9H,10H2,(H2,20,23). The zero-order valence-corrected chi connectivity index (χ0v) is 14.4. The summed E-state index contributed by atoms with van der Waals surface area (Å²) in [4.78, 5) is 4.80. The van der Waals surface area contributed by atoms with Crippen LogP contribution >= 0.6 is 35.4 Å². The quantitative estimate of drug-likeness (QED) is 0.693. The lowest BCUT2D eigenvalue weighted by atomic mass is 10.1. The molecule has 0 aliphatic heterocycles. The molecule has 0 fully saturated rings. The van der Waals surface area contributed by atoms with Gasteiger partial charge in [-0.25, -0.2) is 4.98 Å². The van der Waals surface area contributed by atoms with Gasteiger partial charge in [0.25, 0.3) is 0 Å². The average molecular weight is 362 g/mol. The summed E-state index contributed by atoms with van der Waals surface area (Å²) in [6, 6.07) is 13.2. The molecule has 0 bridgehead atoms. The molecule has 2 aromatic carbocycles. The Morgan fingerprint density at radius 1 is 1.13 bits per heavy atom. The molecule has 6 heteroatoms. The maximum Gasteiger partial charge on any atom is 0.140 e. The number of benzene rings is 2. The minimum Gasteiger partial charge on any atom is -0.389 e. The van der Waals surface area contributed by atoms with Crippen LogP contribution in [0.1, 0.15) is 11.1 Å². The Morgan fingerprint density at radius 3 is 2.52 bits per heavy atom. The Hall–Kier alpha value is -1.88. The van der Waals surface area contributed by atoms with E-state index in [1.54, 1.807) is 12.3 Å². The number of imidazole rings is 1. The molecule has 0 amide bonds. The number of thiocarbonyl (C=S) groups is 1. The van der Waals surface area contributed by atoms with Crippen molar-refractivity contribution in [3.63, 3.8) is 0 Å². The summed E-state index contributed by atoms with van der Waals surface area (Å²) in [5, 5.41) is 1.15. The monoisotopic (exact) mass is 361 g/mol. The number of hydrogen-bond acceptors (Lipinski definition) is 2. The van der Waals surface area contributed by atoms with Gasteiger partial charge in [0.2, 0.25) is 0 Å². The molecule has 2 N–H and O–H groups in total. The van der Waals surface area contributed by atoms with Crippen LogP contribution in [0.3, 0.4) is 0 Å². The fraction of sp³-hybridized carbons (Fsp3) is 0.0588. The second-order valence-electron chi connectivity index (χ2n) is 5.06. The Labute approximate surface area is 149 Å². The largest absolute Gasteiger partial charge is 0.389 e. The zero-order valence-electron chi connectivity index (χ0n) is 12.0. The Balaban J connectivity index is 2.01. The van der Waals surface area contributed by atoms with E-state index in [0.29, 0.717) is 21.6 Å². The molecule has 0 radical (unpaired) electrons. The molecule has 3 nitrogen and oxygen atoms in total. The Morgan fingerprint density at radius 2 is 1.83 bits per heavy atom. The first-order chi connectivity index (χ1) is 11.0. The topological polar surface area (TPSA) is 43.8 Å². The predicted octanol–water partition coefficient (Wildman–Crippen LogP) is 4.54. The van der Waals surface area contributed by atoms with E-state index in [0.717, 1.165) is 22.5 Å². The van der Waals surface area contributed by atoms with Gasteiger partial charge in [0.05, 0.1) is 0 Å². The lowest BCUT2D eigenvalue weighted by Crippen LogP contribution is -2.14. The van der Waals surface area contributed by atoms with Crippen LogP contribution in [0, 0.1) is 0 Å². The van der Waals surface area contributed by atoms with Crippen molar-refractivity contribution in [1.82, 2.24) is 9.55 Å². The number of nitrogens with two attached hydrogens (primary N) is 1. The second-order valence-corrected chi connectivity index (χ2v) is 6.37. The predicted molar refractivity (Wildman–Crippen MR) is 99.1 cm³/mol. The lowest BCUT2D eigenvalue weighted by Gasteiger charge is -2.12. The number of rotatable bonds is 4. The fourth-order valence-corrected chi connectivity index (χ4v) is 3.19. The van der Waals surface area contributed by atoms with Crippen molar-refractivity contribution < 1.29 is 0 Å². The lowest BCUT2D eigenvalue weighted by molar-refractivity contribution is 0.806. The van der Waals surface area contributed by atoms with Gasteiger partial charge in [-0.1, -0.05) is 59.7 Å². The van der Waals surface area contributed by atoms with Gasteiger partial charge in [-0.15, -0.1) is 0 Å². The minimum absolute atomic E-state index is 0.382. The van der Waals surface area contributed by atoms with Gasteiger partial charge in [0.1, 0.15) is 10.8 Å². The van der Waals surface area contributed by atoms with Crippen molar-refractivity contribution in [2.24, 2.45) is 5.73 Å². The summed E-state index contributed by atoms with van der Waals surface area (Å²) in [5.41, 5.74) is 8.57. The Bertz CT molecular complexity index is 854. The summed E-state index contributed by atoms with van der Waals surface area (Å²) < 4.78 is 2.01. The van der Waals surface area contributed by atoms with E-state index in [2.05, 4.69) is 4.98 Å². The molecule has 23 heavy (non-hydrogen) atoms. The first-order valence-corrected chi connectivity index (χ1v) is 8.06. The van der Waals surface area contributed by atoms with Gasteiger partial charge in [-0.2, -0.15) is 0 Å². The van der Waals surface area contributed by atoms with Crippen molar-refractivity contribution in [2.75, 3.05) is 0 Å². The fourth-order valence-electron chi connectivity index (χ4n) is 2.46. The van der Waals surface area contributed by atoms with E-state index in [-0.39, 0.29) is 0 Å². The van der Waals surface area contributed by atoms with Crippen LogP contribution in [-0.2, 0) is 6.54 Å². The molecule has 3 aromatic rings. The number of halogens is 2. The third-order valence-corrected chi connectivity index (χ3v) is 4.12. The average Bonchev–Trinajstić information content (AvgIpc) is 2.95. The van der Waals surface area contributed by atoms with Gasteiger partial charge < -0.3 is 10.3 Å². The summed E-state index contributed by atoms with van der Waals surface area (Å²) in [7, 11) is 0. The van der Waals surface area contributed by atoms with Crippen LogP contribution < -0.4 is 5.73 Å². The third-order valence-electron chi connectivity index (χ3n) is 3.46. The SMILES string of the molecule is NC(=S)c1ccccc1Cn1ccnc1-c1cc(Cl)cc(Cl)c1. The van der Waals surface area contributed by atoms with E-state index in [4.69, 9.17) is 41.2 Å². The number of nitrogens with zero attached hydrogens (tertiary/aromatic N) is 2. The smallest absolute Gasteiger partial charge is 0.140 e. The molecule has 0 atom stereocenters. The summed E-state index contributed by atoms with van der Waals surface area (Å²) >= 11 is 17.3. The molecule has 0 spiro atoms. The molecule has 0 saturated carbocycles. The first-order valence-electron chi connectivity index (χ1n) is 6.90. The second kappa shape index (κ2) is 6.71. The van der Waals surface area contributed by atoms with Crippen LogP contribution in [0.25, 0.3) is 11.4 Å². The van der Waals surface area contributed by atoms with Crippen molar-refractivity contribution in [1.29, 1.82) is 0 Å². The molecule has 3 rings (SSSR count). The van der Waals surface area contributed by atoms with E-state index in [1.165, 1.54) is 0 Å². The molecule has 1 aromatic heterocycles. The molecule has 116 valence electrons. The van der Waals surface area contributed by atoms with Crippen molar-refractivity contribution in [3.8, 4) is 11.4 Å². The van der Waals surface area contributed by atoms with Crippen LogP contribution in [0.2, 0.25) is 10.0 Å². The van der Waals surface area contributed by atoms with Crippen molar-refractivity contribution >= 4 is 40.4 Å². The van der Waals surface area contributed by atoms with Crippen LogP contribution in [0.15, 0.2) is 54.9 Å². The van der Waals surface area contributed by atoms with Crippen LogP contribution in [0.4, 0.5) is 0 Å². The number of aromatic nitrogens is 2. The summed E-state index contributed by atoms with van der Waals surface area (Å²) in [6.45, 7) is 0.604. The molecule has 1 heterocycles. The normalized spacial score (nSPS) is 10.7. The maximum atomic E-state index is 6.09. The van der Waals surface area contributed by atoms with Gasteiger partial charge in [0, 0.05) is 40.1 Å². The van der Waals surface area contributed by atoms with Crippen LogP contribution in [0.5, 0.6) is 0 Å². The minimum atomic E-state index is 0.382. The molecular formula is C17H13Cl2N3S. The van der Waals surface area contributed by atoms with Gasteiger partial charge in [0.15, 0.2) is 0 Å². The van der Waals surface area contributed by atoms with Gasteiger partial charge in [-0.05, 0) is 23.8 Å². The maximum absolute atomic E-state index is 6.09. The molecule has 0 unspecified atom stereocenters. The first kappa shape index (κ1) is 16.0. The molecule has 0 aliphatic carbocycles. The highest BCUT2D eigenvalue weighted by molar-refractivity contribution is 7.80. The highest BCUT2D eigenvalue weighted by Gasteiger charge is 2.11. The molecular weight excluding hydrogens is 349 g/mol. The van der Waals surface area contributed by atoms with E-state index < -0.39 is 0 Å². The van der Waals surface area contributed by atoms with Gasteiger partial charge in [-0.3, -0.25) is 0 Å². The van der Waals surface area contributed by atoms with Crippen molar-refractivity contribution in [3.05, 3.63) is 76.0 Å². The molecule has 0 saturated heterocycles. The van der Waals surface area contributed by atoms with Gasteiger partial charge >= 0.3 is 0 Å². The van der Waals surface area contributed by atoms with Crippen molar-refractivity contribution in [2.45, 2.75) is 6.54 Å². The zero-order chi connectivity index (χ0) is 16.4. The van der Waals surface area contributed by atoms with Crippen LogP contribution in [-0.4, -0.2) is 14.5 Å². The number of hydrogen-bond donors (Lipinski definition) is 1. The summed E-state index contributed by atoms with van der Waals surface area (Å²) in [6.07, 6.45) is 3.65. The Kier molecular flexibility index (Phi) is 4.66. The highest BCUT2D eigenvalue weighted by atomic mass is 35.5. The summed E-state index contributed by atoms with van der Waals surface area (Å²) in [5.74, 6) is 0.784. The third kappa shape index (κ3) is 3.55. The van der Waals surface area contributed by atoms with E-state index >= 15 is 0 Å². The van der Waals surface area contributed by atoms with E-state index in [9.17, 15) is 0 Å². The van der Waals surface area contributed by atoms with E-state index in [1.807, 2.05) is 47.2 Å². The highest BCUT2D eigenvalue weighted by Crippen LogP contribution is 2.27.